The number of unbranched alkanes of at least 4 members (excludes halogenated alkanes) is 2. The monoisotopic (exact) mass is 475 g/mol. The summed E-state index contributed by atoms with van der Waals surface area (Å²) in [5, 5.41) is 0. The first-order chi connectivity index (χ1) is 17.6. The molecular weight excluding hydrogens is 442 g/mol. The van der Waals surface area contributed by atoms with Gasteiger partial charge in [-0.05, 0) is 84.0 Å². The van der Waals surface area contributed by atoms with Crippen LogP contribution in [0.5, 0.6) is 5.75 Å². The van der Waals surface area contributed by atoms with E-state index in [0.717, 1.165) is 23.1 Å². The first-order valence-corrected chi connectivity index (χ1v) is 12.7. The van der Waals surface area contributed by atoms with Crippen LogP contribution in [0.4, 0.5) is 0 Å². The number of rotatable bonds is 10. The SMILES string of the molecule is CCCCCc1ccc(-c2ccc(C(=O)Oc3ccc(C=N[C@@H](C)c4ccccc4)cc3)cc2)cc1. The van der Waals surface area contributed by atoms with Gasteiger partial charge in [-0.25, -0.2) is 4.79 Å². The Labute approximate surface area is 214 Å². The van der Waals surface area contributed by atoms with E-state index < -0.39 is 0 Å². The van der Waals surface area contributed by atoms with Crippen LogP contribution in [0.2, 0.25) is 0 Å². The highest BCUT2D eigenvalue weighted by atomic mass is 16.5. The predicted octanol–water partition coefficient (Wildman–Crippen LogP) is 8.49. The van der Waals surface area contributed by atoms with E-state index in [9.17, 15) is 4.79 Å². The average Bonchev–Trinajstić information content (AvgIpc) is 2.93. The molecule has 0 spiro atoms. The molecule has 0 radical (unpaired) electrons. The number of aryl methyl sites for hydroxylation is 1. The van der Waals surface area contributed by atoms with E-state index in [4.69, 9.17) is 4.74 Å². The highest BCUT2D eigenvalue weighted by molar-refractivity contribution is 5.91. The lowest BCUT2D eigenvalue weighted by Gasteiger charge is -2.08. The molecule has 36 heavy (non-hydrogen) atoms. The Morgan fingerprint density at radius 2 is 1.44 bits per heavy atom. The summed E-state index contributed by atoms with van der Waals surface area (Å²) in [5.41, 5.74) is 6.25. The van der Waals surface area contributed by atoms with Gasteiger partial charge in [-0.3, -0.25) is 4.99 Å². The molecule has 3 nitrogen and oxygen atoms in total. The van der Waals surface area contributed by atoms with Crippen LogP contribution in [-0.2, 0) is 6.42 Å². The van der Waals surface area contributed by atoms with Crippen LogP contribution in [-0.4, -0.2) is 12.2 Å². The smallest absolute Gasteiger partial charge is 0.343 e. The number of ether oxygens (including phenoxy) is 1. The maximum Gasteiger partial charge on any atom is 0.343 e. The predicted molar refractivity (Wildman–Crippen MR) is 149 cm³/mol. The molecule has 0 aliphatic carbocycles. The number of hydrogen-bond donors (Lipinski definition) is 0. The van der Waals surface area contributed by atoms with Gasteiger partial charge in [0.25, 0.3) is 0 Å². The average molecular weight is 476 g/mol. The van der Waals surface area contributed by atoms with Crippen molar-refractivity contribution in [3.05, 3.63) is 125 Å². The Bertz CT molecular complexity index is 1260. The van der Waals surface area contributed by atoms with Gasteiger partial charge in [0, 0.05) is 6.21 Å². The van der Waals surface area contributed by atoms with Crippen LogP contribution >= 0.6 is 0 Å². The second kappa shape index (κ2) is 12.6. The Morgan fingerprint density at radius 3 is 2.08 bits per heavy atom. The Balaban J connectivity index is 1.32. The number of hydrogen-bond acceptors (Lipinski definition) is 3. The van der Waals surface area contributed by atoms with Crippen molar-refractivity contribution >= 4 is 12.2 Å². The van der Waals surface area contributed by atoms with E-state index in [-0.39, 0.29) is 12.0 Å². The molecule has 4 rings (SSSR count). The zero-order chi connectivity index (χ0) is 25.2. The van der Waals surface area contributed by atoms with Crippen molar-refractivity contribution in [3.63, 3.8) is 0 Å². The normalized spacial score (nSPS) is 11.9. The fourth-order valence-corrected chi connectivity index (χ4v) is 4.05. The van der Waals surface area contributed by atoms with Crippen molar-refractivity contribution < 1.29 is 9.53 Å². The van der Waals surface area contributed by atoms with Gasteiger partial charge in [-0.15, -0.1) is 0 Å². The van der Waals surface area contributed by atoms with Gasteiger partial charge in [0.1, 0.15) is 5.75 Å². The van der Waals surface area contributed by atoms with E-state index >= 15 is 0 Å². The molecule has 0 saturated carbocycles. The number of benzene rings is 4. The van der Waals surface area contributed by atoms with Crippen molar-refractivity contribution in [3.8, 4) is 16.9 Å². The van der Waals surface area contributed by atoms with Crippen molar-refractivity contribution in [1.29, 1.82) is 0 Å². The lowest BCUT2D eigenvalue weighted by Crippen LogP contribution is -2.08. The van der Waals surface area contributed by atoms with Crippen LogP contribution in [0, 0.1) is 0 Å². The van der Waals surface area contributed by atoms with Gasteiger partial charge in [0.05, 0.1) is 11.6 Å². The second-order valence-corrected chi connectivity index (χ2v) is 9.05. The van der Waals surface area contributed by atoms with Gasteiger partial charge < -0.3 is 4.74 Å². The van der Waals surface area contributed by atoms with Crippen LogP contribution in [0.3, 0.4) is 0 Å². The quantitative estimate of drug-likeness (QED) is 0.0998. The highest BCUT2D eigenvalue weighted by Crippen LogP contribution is 2.22. The number of esters is 1. The van der Waals surface area contributed by atoms with Crippen molar-refractivity contribution in [1.82, 2.24) is 0 Å². The van der Waals surface area contributed by atoms with Gasteiger partial charge in [0.15, 0.2) is 0 Å². The first-order valence-electron chi connectivity index (χ1n) is 12.7. The molecular formula is C33H33NO2. The Kier molecular flexibility index (Phi) is 8.82. The second-order valence-electron chi connectivity index (χ2n) is 9.05. The zero-order valence-corrected chi connectivity index (χ0v) is 21.1. The summed E-state index contributed by atoms with van der Waals surface area (Å²) in [6.07, 6.45) is 6.71. The summed E-state index contributed by atoms with van der Waals surface area (Å²) in [6.45, 7) is 4.29. The topological polar surface area (TPSA) is 38.7 Å². The number of nitrogens with zero attached hydrogens (tertiary/aromatic N) is 1. The van der Waals surface area contributed by atoms with Crippen LogP contribution in [0.15, 0.2) is 108 Å². The summed E-state index contributed by atoms with van der Waals surface area (Å²) in [5.74, 6) is 0.142. The van der Waals surface area contributed by atoms with Gasteiger partial charge in [-0.2, -0.15) is 0 Å². The Morgan fingerprint density at radius 1 is 0.806 bits per heavy atom. The third-order valence-corrected chi connectivity index (χ3v) is 6.30. The molecule has 0 bridgehead atoms. The third kappa shape index (κ3) is 7.02. The third-order valence-electron chi connectivity index (χ3n) is 6.30. The van der Waals surface area contributed by atoms with Crippen LogP contribution < -0.4 is 4.74 Å². The standard InChI is InChI=1S/C33H33NO2/c1-3-4-6-9-26-12-16-29(17-13-26)30-18-20-31(21-19-30)33(35)36-32-22-14-27(15-23-32)24-34-25(2)28-10-7-5-8-11-28/h5,7-8,10-25H,3-4,6,9H2,1-2H3/t25-/m0/s1. The van der Waals surface area contributed by atoms with Gasteiger partial charge >= 0.3 is 5.97 Å². The maximum absolute atomic E-state index is 12.6. The molecule has 4 aromatic carbocycles. The van der Waals surface area contributed by atoms with Gasteiger partial charge in [0.2, 0.25) is 0 Å². The molecule has 182 valence electrons. The molecule has 3 heteroatoms. The van der Waals surface area contributed by atoms with E-state index in [2.05, 4.69) is 55.2 Å². The Hall–Kier alpha value is -3.98. The van der Waals surface area contributed by atoms with Crippen molar-refractivity contribution in [2.45, 2.75) is 45.6 Å². The molecule has 4 aromatic rings. The highest BCUT2D eigenvalue weighted by Gasteiger charge is 2.09. The van der Waals surface area contributed by atoms with Crippen molar-refractivity contribution in [2.75, 3.05) is 0 Å². The molecule has 1 atom stereocenters. The minimum absolute atomic E-state index is 0.0791. The van der Waals surface area contributed by atoms with E-state index in [1.54, 1.807) is 12.1 Å². The molecule has 0 aromatic heterocycles. The summed E-state index contributed by atoms with van der Waals surface area (Å²) < 4.78 is 5.57. The summed E-state index contributed by atoms with van der Waals surface area (Å²) in [4.78, 5) is 17.3. The first kappa shape index (κ1) is 25.1. The number of aliphatic imine (C=N–C) groups is 1. The van der Waals surface area contributed by atoms with E-state index in [0.29, 0.717) is 11.3 Å². The molecule has 0 aliphatic rings. The lowest BCUT2D eigenvalue weighted by molar-refractivity contribution is 0.0735. The minimum atomic E-state index is -0.369. The summed E-state index contributed by atoms with van der Waals surface area (Å²) in [6, 6.07) is 33.9. The molecule has 0 aliphatic heterocycles. The van der Waals surface area contributed by atoms with Crippen LogP contribution in [0.1, 0.15) is 66.2 Å². The fraction of sp³-hybridized carbons (Fsp3) is 0.212. The van der Waals surface area contributed by atoms with Gasteiger partial charge in [-0.1, -0.05) is 86.5 Å². The fourth-order valence-electron chi connectivity index (χ4n) is 4.05. The van der Waals surface area contributed by atoms with E-state index in [1.165, 1.54) is 30.4 Å². The molecule has 0 amide bonds. The van der Waals surface area contributed by atoms with E-state index in [1.807, 2.05) is 60.8 Å². The summed E-state index contributed by atoms with van der Waals surface area (Å²) >= 11 is 0. The molecule has 0 heterocycles. The largest absolute Gasteiger partial charge is 0.423 e. The zero-order valence-electron chi connectivity index (χ0n) is 21.1. The number of carbonyl (C=O) groups excluding carboxylic acids is 1. The maximum atomic E-state index is 12.6. The molecule has 0 saturated heterocycles. The molecule has 0 unspecified atom stereocenters. The minimum Gasteiger partial charge on any atom is -0.423 e. The van der Waals surface area contributed by atoms with Crippen molar-refractivity contribution in [2.24, 2.45) is 4.99 Å². The number of carbonyl (C=O) groups is 1. The molecule has 0 fully saturated rings. The van der Waals surface area contributed by atoms with Crippen LogP contribution in [0.25, 0.3) is 11.1 Å². The molecule has 0 N–H and O–H groups in total. The summed E-state index contributed by atoms with van der Waals surface area (Å²) in [7, 11) is 0. The lowest BCUT2D eigenvalue weighted by atomic mass is 10.0.